The van der Waals surface area contributed by atoms with Crippen LogP contribution in [0, 0.1) is 11.8 Å². The van der Waals surface area contributed by atoms with E-state index in [0.717, 1.165) is 35.1 Å². The molecule has 2 amide bonds. The monoisotopic (exact) mass is 667 g/mol. The van der Waals surface area contributed by atoms with Crippen LogP contribution in [0.4, 0.5) is 9.59 Å². The van der Waals surface area contributed by atoms with Crippen LogP contribution in [0.15, 0.2) is 59.1 Å². The van der Waals surface area contributed by atoms with E-state index >= 15 is 0 Å². The number of nitrogens with zero attached hydrogens (tertiary/aromatic N) is 3. The van der Waals surface area contributed by atoms with Crippen molar-refractivity contribution in [3.8, 4) is 22.8 Å². The Hall–Kier alpha value is -4.47. The maximum absolute atomic E-state index is 13.3. The molecular formula is C39H45N3O7. The number of piperidine rings is 2. The predicted molar refractivity (Wildman–Crippen MR) is 182 cm³/mol. The molecule has 4 fully saturated rings. The van der Waals surface area contributed by atoms with Crippen molar-refractivity contribution >= 4 is 23.8 Å². The van der Waals surface area contributed by atoms with Gasteiger partial charge in [0.1, 0.15) is 11.2 Å². The first-order valence-electron chi connectivity index (χ1n) is 17.4. The summed E-state index contributed by atoms with van der Waals surface area (Å²) in [6, 6.07) is 14.5. The molecule has 0 unspecified atom stereocenters. The van der Waals surface area contributed by atoms with Gasteiger partial charge in [-0.05, 0) is 102 Å². The van der Waals surface area contributed by atoms with Crippen LogP contribution >= 0.6 is 0 Å². The molecule has 3 heterocycles. The largest absolute Gasteiger partial charge is 0.444 e. The molecule has 2 saturated carbocycles. The maximum Gasteiger partial charge on any atom is 0.411 e. The highest BCUT2D eigenvalue weighted by molar-refractivity contribution is 5.91. The second-order valence-electron chi connectivity index (χ2n) is 16.1. The zero-order valence-electron chi connectivity index (χ0n) is 29.1. The number of Topliss-reactive ketones (excluding diaryl/α,β-unsaturated/α-hetero) is 2. The van der Waals surface area contributed by atoms with Gasteiger partial charge in [0.05, 0.1) is 18.3 Å². The number of carbonyl (C=O) groups is 4. The first-order chi connectivity index (χ1) is 23.1. The first kappa shape index (κ1) is 33.0. The molecular weight excluding hydrogens is 622 g/mol. The fourth-order valence-electron chi connectivity index (χ4n) is 7.37. The normalized spacial score (nSPS) is 25.4. The molecule has 0 radical (unpaired) electrons. The fraction of sp³-hybridized carbons (Fsp3) is 0.513. The van der Waals surface area contributed by atoms with Crippen molar-refractivity contribution in [2.75, 3.05) is 0 Å². The van der Waals surface area contributed by atoms with Crippen molar-refractivity contribution in [2.45, 2.75) is 115 Å². The van der Waals surface area contributed by atoms with Crippen LogP contribution in [-0.2, 0) is 31.9 Å². The summed E-state index contributed by atoms with van der Waals surface area (Å²) in [6.07, 6.45) is 4.63. The number of benzene rings is 2. The van der Waals surface area contributed by atoms with E-state index in [0.29, 0.717) is 36.3 Å². The van der Waals surface area contributed by atoms with Crippen LogP contribution in [0.3, 0.4) is 0 Å². The van der Waals surface area contributed by atoms with Crippen LogP contribution in [0.5, 0.6) is 0 Å². The molecule has 2 aliphatic heterocycles. The van der Waals surface area contributed by atoms with Gasteiger partial charge in [-0.25, -0.2) is 14.6 Å². The number of amides is 2. The van der Waals surface area contributed by atoms with Crippen LogP contribution in [0.25, 0.3) is 22.8 Å². The highest BCUT2D eigenvalue weighted by atomic mass is 16.6. The minimum absolute atomic E-state index is 0.0228. The van der Waals surface area contributed by atoms with Gasteiger partial charge in [0.25, 0.3) is 0 Å². The van der Waals surface area contributed by atoms with Gasteiger partial charge in [-0.2, -0.15) is 0 Å². The zero-order valence-corrected chi connectivity index (χ0v) is 29.1. The van der Waals surface area contributed by atoms with Gasteiger partial charge in [-0.1, -0.05) is 36.4 Å². The molecule has 10 heteroatoms. The summed E-state index contributed by atoms with van der Waals surface area (Å²) in [5.74, 6) is 1.89. The average Bonchev–Trinajstić information content (AvgIpc) is 3.77. The third kappa shape index (κ3) is 7.14. The van der Waals surface area contributed by atoms with Gasteiger partial charge < -0.3 is 13.9 Å². The molecule has 0 N–H and O–H groups in total. The molecule has 7 rings (SSSR count). The molecule has 0 bridgehead atoms. The highest BCUT2D eigenvalue weighted by Crippen LogP contribution is 2.49. The number of ether oxygens (including phenoxy) is 2. The van der Waals surface area contributed by atoms with E-state index in [9.17, 15) is 19.2 Å². The lowest BCUT2D eigenvalue weighted by atomic mass is 9.99. The van der Waals surface area contributed by atoms with E-state index in [1.807, 2.05) is 90.1 Å². The van der Waals surface area contributed by atoms with Crippen molar-refractivity contribution in [3.63, 3.8) is 0 Å². The Bertz CT molecular complexity index is 1640. The van der Waals surface area contributed by atoms with Gasteiger partial charge in [0, 0.05) is 36.1 Å². The van der Waals surface area contributed by atoms with E-state index in [1.54, 1.807) is 16.0 Å². The second kappa shape index (κ2) is 12.1. The van der Waals surface area contributed by atoms with Crippen LogP contribution in [0.2, 0.25) is 0 Å². The van der Waals surface area contributed by atoms with Crippen molar-refractivity contribution < 1.29 is 33.1 Å². The summed E-state index contributed by atoms with van der Waals surface area (Å²) in [7, 11) is 0. The number of likely N-dealkylation sites (tertiary alicyclic amines) is 2. The minimum atomic E-state index is -0.610. The molecule has 258 valence electrons. The average molecular weight is 668 g/mol. The number of aromatic nitrogens is 1. The van der Waals surface area contributed by atoms with E-state index in [2.05, 4.69) is 4.98 Å². The Kier molecular flexibility index (Phi) is 8.19. The SMILES string of the molecule is CC(C)(C)OC(=O)N1[C@H](C(=O)Cc2ccc(-c3cnc(-c4ccc(CC(=O)[C@@H]5C[C@@H]6C[C@@H]6N5C(=O)OC(C)(C)C)cc4)o3)cc2)C[C@@H]2C[C@@H]21. The number of hydrogen-bond acceptors (Lipinski definition) is 8. The third-order valence-corrected chi connectivity index (χ3v) is 9.86. The molecule has 6 atom stereocenters. The molecule has 0 spiro atoms. The molecule has 2 aliphatic carbocycles. The van der Waals surface area contributed by atoms with Crippen molar-refractivity contribution in [2.24, 2.45) is 11.8 Å². The highest BCUT2D eigenvalue weighted by Gasteiger charge is 2.57. The quantitative estimate of drug-likeness (QED) is 0.251. The number of carbonyl (C=O) groups excluding carboxylic acids is 4. The topological polar surface area (TPSA) is 119 Å². The smallest absolute Gasteiger partial charge is 0.411 e. The molecule has 2 saturated heterocycles. The molecule has 4 aliphatic rings. The van der Waals surface area contributed by atoms with Crippen molar-refractivity contribution in [3.05, 3.63) is 65.9 Å². The third-order valence-electron chi connectivity index (χ3n) is 9.86. The number of fused-ring (bicyclic) bond motifs is 2. The predicted octanol–water partition coefficient (Wildman–Crippen LogP) is 7.03. The summed E-state index contributed by atoms with van der Waals surface area (Å²) in [5.41, 5.74) is 2.12. The summed E-state index contributed by atoms with van der Waals surface area (Å²) in [4.78, 5) is 60.2. The first-order valence-corrected chi connectivity index (χ1v) is 17.4. The summed E-state index contributed by atoms with van der Waals surface area (Å²) in [5, 5.41) is 0. The van der Waals surface area contributed by atoms with Crippen LogP contribution < -0.4 is 0 Å². The van der Waals surface area contributed by atoms with Crippen molar-refractivity contribution in [1.82, 2.24) is 14.8 Å². The van der Waals surface area contributed by atoms with E-state index in [-0.39, 0.29) is 36.5 Å². The maximum atomic E-state index is 13.3. The number of ketones is 2. The second-order valence-corrected chi connectivity index (χ2v) is 16.1. The summed E-state index contributed by atoms with van der Waals surface area (Å²) < 4.78 is 17.3. The van der Waals surface area contributed by atoms with Crippen molar-refractivity contribution in [1.29, 1.82) is 0 Å². The molecule has 10 nitrogen and oxygen atoms in total. The van der Waals surface area contributed by atoms with E-state index < -0.39 is 35.5 Å². The van der Waals surface area contributed by atoms with Gasteiger partial charge >= 0.3 is 12.2 Å². The Morgan fingerprint density at radius 1 is 0.673 bits per heavy atom. The fourth-order valence-corrected chi connectivity index (χ4v) is 7.37. The lowest BCUT2D eigenvalue weighted by molar-refractivity contribution is -0.123. The number of rotatable bonds is 8. The lowest BCUT2D eigenvalue weighted by Crippen LogP contribution is -2.46. The Morgan fingerprint density at radius 3 is 1.53 bits per heavy atom. The van der Waals surface area contributed by atoms with Gasteiger partial charge in [-0.3, -0.25) is 19.4 Å². The van der Waals surface area contributed by atoms with E-state index in [1.165, 1.54) is 0 Å². The van der Waals surface area contributed by atoms with Crippen LogP contribution in [-0.4, -0.2) is 73.9 Å². The summed E-state index contributed by atoms with van der Waals surface area (Å²) in [6.45, 7) is 11.0. The Balaban J connectivity index is 0.949. The zero-order chi connectivity index (χ0) is 34.8. The van der Waals surface area contributed by atoms with Gasteiger partial charge in [-0.15, -0.1) is 0 Å². The van der Waals surface area contributed by atoms with Gasteiger partial charge in [0.2, 0.25) is 5.89 Å². The molecule has 2 aromatic carbocycles. The molecule has 49 heavy (non-hydrogen) atoms. The number of hydrogen-bond donors (Lipinski definition) is 0. The van der Waals surface area contributed by atoms with E-state index in [4.69, 9.17) is 13.9 Å². The Labute approximate surface area is 287 Å². The number of oxazole rings is 1. The standard InChI is InChI=1S/C39H45N3O7/c1-38(2,3)48-36(45)41-28-17-26(28)19-30(41)32(43)15-22-7-11-24(12-8-22)34-21-40-35(47-34)25-13-9-23(10-14-25)16-33(44)31-20-27-18-29(27)42(31)37(46)49-39(4,5)6/h7-14,21,26-31H,15-20H2,1-6H3/t26-,27-,28-,29-,30-,31-/m0/s1. The minimum Gasteiger partial charge on any atom is -0.444 e. The Morgan fingerprint density at radius 2 is 1.10 bits per heavy atom. The van der Waals surface area contributed by atoms with Gasteiger partial charge in [0.15, 0.2) is 17.3 Å². The lowest BCUT2D eigenvalue weighted by Gasteiger charge is -2.30. The molecule has 1 aromatic heterocycles. The van der Waals surface area contributed by atoms with Crippen LogP contribution in [0.1, 0.15) is 78.4 Å². The molecule has 3 aromatic rings. The summed E-state index contributed by atoms with van der Waals surface area (Å²) >= 11 is 0.